The van der Waals surface area contributed by atoms with Crippen LogP contribution in [-0.4, -0.2) is 0 Å². The highest BCUT2D eigenvalue weighted by atomic mass is 13.9. The zero-order chi connectivity index (χ0) is 20.0. The Morgan fingerprint density at radius 1 is 1.20 bits per heavy atom. The van der Waals surface area contributed by atoms with Crippen molar-refractivity contribution in [2.75, 3.05) is 0 Å². The van der Waals surface area contributed by atoms with Crippen molar-refractivity contribution >= 4 is 0 Å². The minimum atomic E-state index is -3.89. The van der Waals surface area contributed by atoms with Gasteiger partial charge in [0.2, 0.25) is 0 Å². The van der Waals surface area contributed by atoms with E-state index >= 15 is 0 Å². The van der Waals surface area contributed by atoms with Gasteiger partial charge in [-0.3, -0.25) is 0 Å². The lowest BCUT2D eigenvalue weighted by molar-refractivity contribution is 0.585. The smallest absolute Gasteiger partial charge is 0.0267 e. The summed E-state index contributed by atoms with van der Waals surface area (Å²) in [6.07, 6.45) is -19.9. The summed E-state index contributed by atoms with van der Waals surface area (Å²) in [5.74, 6) is 0. The summed E-state index contributed by atoms with van der Waals surface area (Å²) in [6.45, 7) is -2.00. The van der Waals surface area contributed by atoms with Gasteiger partial charge in [-0.05, 0) is 0 Å². The fraction of sp³-hybridized carbons (Fsp3) is 1.00. The van der Waals surface area contributed by atoms with E-state index < -0.39 is 45.1 Å². The lowest BCUT2D eigenvalue weighted by Gasteiger charge is -1.97. The van der Waals surface area contributed by atoms with E-state index in [-0.39, 0.29) is 6.42 Å². The second kappa shape index (κ2) is 9.00. The molecule has 0 rings (SSSR count). The Morgan fingerprint density at radius 2 is 2.00 bits per heavy atom. The van der Waals surface area contributed by atoms with Crippen molar-refractivity contribution < 1.29 is 19.2 Å². The minimum Gasteiger partial charge on any atom is -0.0654 e. The van der Waals surface area contributed by atoms with Gasteiger partial charge in [0, 0.05) is 19.2 Å². The molecule has 0 radical (unpaired) electrons. The third kappa shape index (κ3) is 8.00. The average Bonchev–Trinajstić information content (AvgIpc) is 2.36. The predicted octanol–water partition coefficient (Wildman–Crippen LogP) is 4.15. The second-order valence-corrected chi connectivity index (χ2v) is 1.64. The van der Waals surface area contributed by atoms with Crippen LogP contribution in [0.15, 0.2) is 0 Å². The number of hydrogen-bond donors (Lipinski definition) is 0. The molecule has 0 amide bonds. The van der Waals surface area contributed by atoms with E-state index in [0.29, 0.717) is 6.42 Å². The first kappa shape index (κ1) is 1.53. The summed E-state index contributed by atoms with van der Waals surface area (Å²) < 4.78 is 106. The third-order valence-electron chi connectivity index (χ3n) is 0.795. The first-order chi connectivity index (χ1) is 10.2. The third-order valence-corrected chi connectivity index (χ3v) is 0.795. The highest BCUT2D eigenvalue weighted by molar-refractivity contribution is 4.43. The number of rotatable bonds is 7. The molecule has 0 aromatic carbocycles. The Bertz CT molecular complexity index is 433. The highest BCUT2D eigenvalue weighted by Crippen LogP contribution is 2.07. The van der Waals surface area contributed by atoms with E-state index in [1.165, 1.54) is 0 Å². The standard InChI is InChI=1S/C10H22/c1-3-5-7-9-10-8-6-4-2/h3-10H2,1-2H3/i1D3,3D2,5D2,7D2,8D,9D2,10D2. The summed E-state index contributed by atoms with van der Waals surface area (Å²) in [5, 5.41) is 0. The van der Waals surface area contributed by atoms with Gasteiger partial charge in [-0.25, -0.2) is 0 Å². The molecule has 0 aromatic heterocycles. The van der Waals surface area contributed by atoms with Gasteiger partial charge < -0.3 is 0 Å². The van der Waals surface area contributed by atoms with Gasteiger partial charge in [0.25, 0.3) is 0 Å². The fourth-order valence-electron chi connectivity index (χ4n) is 0.366. The van der Waals surface area contributed by atoms with E-state index in [1.807, 2.05) is 0 Å². The van der Waals surface area contributed by atoms with Gasteiger partial charge >= 0.3 is 0 Å². The van der Waals surface area contributed by atoms with Crippen LogP contribution in [-0.2, 0) is 0 Å². The molecule has 0 nitrogen and oxygen atoms in total. The first-order valence-electron chi connectivity index (χ1n) is 10.2. The van der Waals surface area contributed by atoms with Crippen LogP contribution in [0.4, 0.5) is 0 Å². The summed E-state index contributed by atoms with van der Waals surface area (Å²) in [4.78, 5) is 0. The average molecular weight is 156 g/mol. The van der Waals surface area contributed by atoms with E-state index in [9.17, 15) is 0 Å². The predicted molar refractivity (Wildman–Crippen MR) is 48.3 cm³/mol. The van der Waals surface area contributed by atoms with Crippen molar-refractivity contribution in [2.24, 2.45) is 0 Å². The molecule has 10 heavy (non-hydrogen) atoms. The zero-order valence-corrected chi connectivity index (χ0v) is 5.99. The van der Waals surface area contributed by atoms with Crippen molar-refractivity contribution in [3.8, 4) is 0 Å². The first-order valence-corrected chi connectivity index (χ1v) is 3.15. The molecular formula is C10H22. The largest absolute Gasteiger partial charge is 0.0654 e. The van der Waals surface area contributed by atoms with Crippen LogP contribution in [0.3, 0.4) is 0 Å². The molecule has 0 fully saturated rings. The van der Waals surface area contributed by atoms with Gasteiger partial charge in [-0.15, -0.1) is 0 Å². The van der Waals surface area contributed by atoms with Gasteiger partial charge in [0.1, 0.15) is 0 Å². The van der Waals surface area contributed by atoms with Crippen LogP contribution >= 0.6 is 0 Å². The molecule has 0 bridgehead atoms. The van der Waals surface area contributed by atoms with Crippen LogP contribution in [0.5, 0.6) is 0 Å². The molecule has 0 aliphatic carbocycles. The van der Waals surface area contributed by atoms with Crippen LogP contribution in [0.2, 0.25) is 0 Å². The second-order valence-electron chi connectivity index (χ2n) is 1.64. The Morgan fingerprint density at radius 3 is 2.70 bits per heavy atom. The van der Waals surface area contributed by atoms with Gasteiger partial charge in [0.05, 0.1) is 0 Å². The van der Waals surface area contributed by atoms with Crippen LogP contribution < -0.4 is 0 Å². The number of hydrogen-bond acceptors (Lipinski definition) is 0. The summed E-state index contributed by atoms with van der Waals surface area (Å²) in [6, 6.07) is 0. The van der Waals surface area contributed by atoms with E-state index in [2.05, 4.69) is 0 Å². The maximum absolute atomic E-state index is 7.79. The minimum absolute atomic E-state index is 0.127. The lowest BCUT2D eigenvalue weighted by Crippen LogP contribution is -1.77. The molecule has 0 heterocycles. The molecule has 0 saturated heterocycles. The van der Waals surface area contributed by atoms with Crippen LogP contribution in [0.25, 0.3) is 0 Å². The summed E-state index contributed by atoms with van der Waals surface area (Å²) in [5.41, 5.74) is 0. The van der Waals surface area contributed by atoms with Crippen LogP contribution in [0, 0.1) is 0 Å². The monoisotopic (exact) mass is 156 g/mol. The van der Waals surface area contributed by atoms with Gasteiger partial charge in [-0.2, -0.15) is 0 Å². The maximum Gasteiger partial charge on any atom is 0.0267 e. The van der Waals surface area contributed by atoms with Crippen molar-refractivity contribution in [1.82, 2.24) is 0 Å². The van der Waals surface area contributed by atoms with Crippen LogP contribution in [0.1, 0.15) is 84.1 Å². The molecule has 1 unspecified atom stereocenters. The highest BCUT2D eigenvalue weighted by Gasteiger charge is 1.87. The molecule has 0 aliphatic rings. The maximum atomic E-state index is 7.79. The molecule has 62 valence electrons. The van der Waals surface area contributed by atoms with Crippen molar-refractivity contribution in [2.45, 2.75) is 64.9 Å². The summed E-state index contributed by atoms with van der Waals surface area (Å²) >= 11 is 0. The topological polar surface area (TPSA) is 0 Å². The van der Waals surface area contributed by atoms with Crippen molar-refractivity contribution in [3.05, 3.63) is 0 Å². The molecule has 0 aromatic rings. The molecule has 0 spiro atoms. The van der Waals surface area contributed by atoms with Gasteiger partial charge in [0.15, 0.2) is 0 Å². The normalized spacial score (nSPS) is 42.5. The molecule has 0 heteroatoms. The Labute approximate surface area is 85.7 Å². The molecule has 0 saturated carbocycles. The Kier molecular flexibility index (Phi) is 1.38. The summed E-state index contributed by atoms with van der Waals surface area (Å²) in [7, 11) is 0. The fourth-order valence-corrected chi connectivity index (χ4v) is 0.366. The molecule has 0 aliphatic heterocycles. The molecule has 1 atom stereocenters. The lowest BCUT2D eigenvalue weighted by atomic mass is 10.1. The van der Waals surface area contributed by atoms with Crippen molar-refractivity contribution in [1.29, 1.82) is 0 Å². The van der Waals surface area contributed by atoms with E-state index in [4.69, 9.17) is 19.2 Å². The molecule has 0 N–H and O–H groups in total. The van der Waals surface area contributed by atoms with Gasteiger partial charge in [-0.1, -0.05) is 64.9 Å². The van der Waals surface area contributed by atoms with Crippen molar-refractivity contribution in [3.63, 3.8) is 0 Å². The SMILES string of the molecule is [2H]C(CCC)C([2H])([2H])C([2H])([2H])C([2H])([2H])C([2H])([2H])C([2H])([2H])C([2H])([2H])[2H]. The zero-order valence-electron chi connectivity index (χ0n) is 20.0. The quantitative estimate of drug-likeness (QED) is 0.519. The Balaban J connectivity index is 6.20. The van der Waals surface area contributed by atoms with E-state index in [0.717, 1.165) is 0 Å². The molecular weight excluding hydrogens is 120 g/mol. The Hall–Kier alpha value is 0. The van der Waals surface area contributed by atoms with E-state index in [1.54, 1.807) is 6.92 Å².